The Labute approximate surface area is 210 Å². The zero-order valence-electron chi connectivity index (χ0n) is 20.1. The van der Waals surface area contributed by atoms with Crippen molar-refractivity contribution in [1.29, 1.82) is 0 Å². The first kappa shape index (κ1) is 24.8. The third-order valence-corrected chi connectivity index (χ3v) is 5.61. The topological polar surface area (TPSA) is 135 Å². The van der Waals surface area contributed by atoms with Gasteiger partial charge in [-0.05, 0) is 55.5 Å². The number of aromatic nitrogens is 3. The Hall–Kier alpha value is -4.27. The van der Waals surface area contributed by atoms with Gasteiger partial charge in [0.1, 0.15) is 5.82 Å². The molecule has 0 atom stereocenters. The Bertz CT molecular complexity index is 1210. The lowest BCUT2D eigenvalue weighted by atomic mass is 10.1. The number of carbonyl (C=O) groups is 2. The molecule has 186 valence electrons. The van der Waals surface area contributed by atoms with E-state index in [2.05, 4.69) is 30.9 Å². The van der Waals surface area contributed by atoms with Crippen LogP contribution >= 0.6 is 0 Å². The van der Waals surface area contributed by atoms with Gasteiger partial charge in [-0.1, -0.05) is 24.6 Å². The van der Waals surface area contributed by atoms with Crippen LogP contribution < -0.4 is 21.7 Å². The molecule has 1 aromatic carbocycles. The summed E-state index contributed by atoms with van der Waals surface area (Å²) in [6.45, 7) is 0.569. The van der Waals surface area contributed by atoms with Crippen LogP contribution in [0.3, 0.4) is 0 Å². The van der Waals surface area contributed by atoms with Crippen molar-refractivity contribution >= 4 is 35.3 Å². The highest BCUT2D eigenvalue weighted by Crippen LogP contribution is 2.27. The predicted octanol–water partition coefficient (Wildman–Crippen LogP) is 4.02. The number of nitrogens with two attached hydrogens (primary N) is 1. The van der Waals surface area contributed by atoms with Crippen LogP contribution in [-0.2, 0) is 9.59 Å². The SMILES string of the molecule is Nc1nc(NC2CC2)cc(-c2cccc(NC(=O)CCCCCNC(=O)C=Cc3cccnc3)c2)n1. The van der Waals surface area contributed by atoms with Gasteiger partial charge < -0.3 is 21.7 Å². The van der Waals surface area contributed by atoms with E-state index in [1.165, 1.54) is 6.08 Å². The summed E-state index contributed by atoms with van der Waals surface area (Å²) in [4.78, 5) is 36.9. The van der Waals surface area contributed by atoms with Gasteiger partial charge in [-0.2, -0.15) is 4.98 Å². The number of amides is 2. The van der Waals surface area contributed by atoms with E-state index in [1.807, 2.05) is 42.5 Å². The molecule has 0 unspecified atom stereocenters. The first-order valence-electron chi connectivity index (χ1n) is 12.2. The molecule has 1 fully saturated rings. The molecule has 0 aliphatic heterocycles. The minimum Gasteiger partial charge on any atom is -0.368 e. The summed E-state index contributed by atoms with van der Waals surface area (Å²) >= 11 is 0. The third kappa shape index (κ3) is 8.19. The standard InChI is InChI=1S/C27H31N7O2/c28-27-33-23(17-24(34-27)31-21-11-12-21)20-7-4-8-22(16-20)32-26(36)9-2-1-3-15-30-25(35)13-10-19-6-5-14-29-18-19/h4-8,10,13-14,16-18,21H,1-3,9,11-12,15H2,(H,30,35)(H,32,36)(H3,28,31,33,34). The van der Waals surface area contributed by atoms with Crippen molar-refractivity contribution in [2.24, 2.45) is 0 Å². The van der Waals surface area contributed by atoms with Gasteiger partial charge in [0.15, 0.2) is 0 Å². The number of hydrogen-bond donors (Lipinski definition) is 4. The minimum atomic E-state index is -0.141. The van der Waals surface area contributed by atoms with E-state index in [1.54, 1.807) is 18.5 Å². The minimum absolute atomic E-state index is 0.0473. The molecule has 0 spiro atoms. The summed E-state index contributed by atoms with van der Waals surface area (Å²) in [7, 11) is 0. The van der Waals surface area contributed by atoms with Gasteiger partial charge >= 0.3 is 0 Å². The number of hydrogen-bond acceptors (Lipinski definition) is 7. The molecule has 3 aromatic rings. The van der Waals surface area contributed by atoms with Gasteiger partial charge in [0, 0.05) is 54.8 Å². The van der Waals surface area contributed by atoms with Crippen LogP contribution in [0.5, 0.6) is 0 Å². The van der Waals surface area contributed by atoms with Crippen molar-refractivity contribution in [3.63, 3.8) is 0 Å². The van der Waals surface area contributed by atoms with Crippen LogP contribution in [0.2, 0.25) is 0 Å². The van der Waals surface area contributed by atoms with E-state index in [0.29, 0.717) is 30.4 Å². The van der Waals surface area contributed by atoms with E-state index in [4.69, 9.17) is 5.73 Å². The van der Waals surface area contributed by atoms with Crippen molar-refractivity contribution < 1.29 is 9.59 Å². The number of unbranched alkanes of at least 4 members (excludes halogenated alkanes) is 2. The smallest absolute Gasteiger partial charge is 0.243 e. The zero-order chi connectivity index (χ0) is 25.2. The highest BCUT2D eigenvalue weighted by Gasteiger charge is 2.21. The van der Waals surface area contributed by atoms with Gasteiger partial charge in [-0.15, -0.1) is 0 Å². The molecular weight excluding hydrogens is 454 g/mol. The van der Waals surface area contributed by atoms with Gasteiger partial charge in [0.2, 0.25) is 17.8 Å². The molecule has 2 amide bonds. The Balaban J connectivity index is 1.17. The number of nitrogens with zero attached hydrogens (tertiary/aromatic N) is 3. The summed E-state index contributed by atoms with van der Waals surface area (Å²) in [6, 6.07) is 13.6. The third-order valence-electron chi connectivity index (χ3n) is 5.61. The van der Waals surface area contributed by atoms with Crippen molar-refractivity contribution in [2.45, 2.75) is 44.6 Å². The molecule has 9 heteroatoms. The Morgan fingerprint density at radius 1 is 1.06 bits per heavy atom. The van der Waals surface area contributed by atoms with E-state index in [9.17, 15) is 9.59 Å². The Kier molecular flexibility index (Phi) is 8.58. The lowest BCUT2D eigenvalue weighted by molar-refractivity contribution is -0.117. The van der Waals surface area contributed by atoms with Crippen molar-refractivity contribution in [3.8, 4) is 11.3 Å². The monoisotopic (exact) mass is 485 g/mol. The first-order valence-corrected chi connectivity index (χ1v) is 12.2. The maximum absolute atomic E-state index is 12.4. The van der Waals surface area contributed by atoms with Crippen LogP contribution in [0, 0.1) is 0 Å². The second kappa shape index (κ2) is 12.4. The Morgan fingerprint density at radius 3 is 2.75 bits per heavy atom. The van der Waals surface area contributed by atoms with Crippen LogP contribution in [0.25, 0.3) is 17.3 Å². The molecule has 5 N–H and O–H groups in total. The predicted molar refractivity (Wildman–Crippen MR) is 142 cm³/mol. The fourth-order valence-electron chi connectivity index (χ4n) is 3.61. The van der Waals surface area contributed by atoms with Crippen LogP contribution in [0.15, 0.2) is 60.9 Å². The lowest BCUT2D eigenvalue weighted by Gasteiger charge is -2.10. The average molecular weight is 486 g/mol. The van der Waals surface area contributed by atoms with Gasteiger partial charge in [0.25, 0.3) is 0 Å². The molecule has 2 heterocycles. The van der Waals surface area contributed by atoms with E-state index in [0.717, 1.165) is 49.0 Å². The summed E-state index contributed by atoms with van der Waals surface area (Å²) < 4.78 is 0. The highest BCUT2D eigenvalue weighted by molar-refractivity contribution is 5.92. The molecule has 0 bridgehead atoms. The van der Waals surface area contributed by atoms with Crippen LogP contribution in [0.4, 0.5) is 17.5 Å². The molecule has 4 rings (SSSR count). The van der Waals surface area contributed by atoms with Crippen LogP contribution in [-0.4, -0.2) is 39.4 Å². The molecule has 1 saturated carbocycles. The second-order valence-electron chi connectivity index (χ2n) is 8.77. The number of benzene rings is 1. The highest BCUT2D eigenvalue weighted by atomic mass is 16.2. The number of carbonyl (C=O) groups excluding carboxylic acids is 2. The molecule has 1 aliphatic carbocycles. The molecule has 36 heavy (non-hydrogen) atoms. The summed E-state index contributed by atoms with van der Waals surface area (Å²) in [5.74, 6) is 0.743. The maximum atomic E-state index is 12.4. The number of anilines is 3. The largest absolute Gasteiger partial charge is 0.368 e. The first-order chi connectivity index (χ1) is 17.5. The number of rotatable bonds is 12. The van der Waals surface area contributed by atoms with Gasteiger partial charge in [-0.3, -0.25) is 14.6 Å². The summed E-state index contributed by atoms with van der Waals surface area (Å²) in [6.07, 6.45) is 11.7. The lowest BCUT2D eigenvalue weighted by Crippen LogP contribution is -2.22. The fourth-order valence-corrected chi connectivity index (χ4v) is 3.61. The maximum Gasteiger partial charge on any atom is 0.243 e. The second-order valence-corrected chi connectivity index (χ2v) is 8.77. The fraction of sp³-hybridized carbons (Fsp3) is 0.296. The van der Waals surface area contributed by atoms with E-state index < -0.39 is 0 Å². The van der Waals surface area contributed by atoms with Crippen LogP contribution in [0.1, 0.15) is 44.1 Å². The number of nitrogens with one attached hydrogen (secondary N) is 3. The molecule has 0 saturated heterocycles. The van der Waals surface area contributed by atoms with Crippen molar-refractivity contribution in [2.75, 3.05) is 22.9 Å². The van der Waals surface area contributed by atoms with Crippen molar-refractivity contribution in [1.82, 2.24) is 20.3 Å². The average Bonchev–Trinajstić information content (AvgIpc) is 3.69. The van der Waals surface area contributed by atoms with E-state index >= 15 is 0 Å². The molecule has 9 nitrogen and oxygen atoms in total. The molecule has 0 radical (unpaired) electrons. The quantitative estimate of drug-likeness (QED) is 0.225. The Morgan fingerprint density at radius 2 is 1.94 bits per heavy atom. The molecule has 1 aliphatic rings. The molecule has 2 aromatic heterocycles. The summed E-state index contributed by atoms with van der Waals surface area (Å²) in [5.41, 5.74) is 9.04. The normalized spacial score (nSPS) is 12.9. The van der Waals surface area contributed by atoms with Crippen molar-refractivity contribution in [3.05, 3.63) is 66.5 Å². The molecular formula is C27H31N7O2. The summed E-state index contributed by atoms with van der Waals surface area (Å²) in [5, 5.41) is 9.15. The van der Waals surface area contributed by atoms with Gasteiger partial charge in [0.05, 0.1) is 5.69 Å². The number of pyridine rings is 1. The van der Waals surface area contributed by atoms with E-state index in [-0.39, 0.29) is 17.8 Å². The van der Waals surface area contributed by atoms with Gasteiger partial charge in [-0.25, -0.2) is 4.98 Å². The number of nitrogen functional groups attached to an aromatic ring is 1. The zero-order valence-corrected chi connectivity index (χ0v) is 20.1.